The van der Waals surface area contributed by atoms with E-state index in [1.165, 1.54) is 12.1 Å². The zero-order chi connectivity index (χ0) is 14.8. The van der Waals surface area contributed by atoms with Gasteiger partial charge in [0.05, 0.1) is 5.69 Å². The van der Waals surface area contributed by atoms with E-state index in [1.54, 1.807) is 18.4 Å². The van der Waals surface area contributed by atoms with E-state index < -0.39 is 0 Å². The molecule has 22 heavy (non-hydrogen) atoms. The first-order chi connectivity index (χ1) is 10.1. The second kappa shape index (κ2) is 7.22. The first-order valence-corrected chi connectivity index (χ1v) is 7.30. The molecule has 4 nitrogen and oxygen atoms in total. The average molecular weight is 326 g/mol. The van der Waals surface area contributed by atoms with Crippen LogP contribution in [0.15, 0.2) is 34.9 Å². The Morgan fingerprint density at radius 1 is 1.41 bits per heavy atom. The van der Waals surface area contributed by atoms with Gasteiger partial charge in [0.25, 0.3) is 0 Å². The lowest BCUT2D eigenvalue weighted by atomic mass is 10.0. The third-order valence-electron chi connectivity index (χ3n) is 4.08. The highest BCUT2D eigenvalue weighted by Crippen LogP contribution is 2.23. The van der Waals surface area contributed by atoms with Crippen LogP contribution in [0.4, 0.5) is 4.39 Å². The van der Waals surface area contributed by atoms with E-state index in [2.05, 4.69) is 16.8 Å². The van der Waals surface area contributed by atoms with Crippen LogP contribution in [0, 0.1) is 11.7 Å². The molecule has 2 aromatic rings. The number of hydrogen-bond acceptors (Lipinski definition) is 4. The average Bonchev–Trinajstić information content (AvgIpc) is 3.10. The quantitative estimate of drug-likeness (QED) is 0.938. The molecule has 0 saturated carbocycles. The first kappa shape index (κ1) is 16.9. The molecule has 1 aliphatic rings. The Kier molecular flexibility index (Phi) is 5.56. The van der Waals surface area contributed by atoms with Crippen molar-refractivity contribution in [3.63, 3.8) is 0 Å². The summed E-state index contributed by atoms with van der Waals surface area (Å²) in [7, 11) is 0. The van der Waals surface area contributed by atoms with Gasteiger partial charge < -0.3 is 10.2 Å². The Labute approximate surface area is 135 Å². The van der Waals surface area contributed by atoms with E-state index in [1.807, 2.05) is 0 Å². The lowest BCUT2D eigenvalue weighted by Crippen LogP contribution is -2.29. The second-order valence-corrected chi connectivity index (χ2v) is 5.79. The minimum Gasteiger partial charge on any atom is -0.444 e. The van der Waals surface area contributed by atoms with Crippen molar-refractivity contribution in [1.82, 2.24) is 9.88 Å². The van der Waals surface area contributed by atoms with Crippen LogP contribution in [-0.2, 0) is 6.54 Å². The summed E-state index contributed by atoms with van der Waals surface area (Å²) in [5, 5.41) is 0. The number of oxazole rings is 1. The number of benzene rings is 1. The minimum absolute atomic E-state index is 0. The monoisotopic (exact) mass is 325 g/mol. The molecule has 2 atom stereocenters. The van der Waals surface area contributed by atoms with Gasteiger partial charge in [-0.1, -0.05) is 0 Å². The maximum absolute atomic E-state index is 12.9. The maximum atomic E-state index is 12.9. The Morgan fingerprint density at radius 3 is 2.77 bits per heavy atom. The second-order valence-electron chi connectivity index (χ2n) is 5.79. The molecule has 2 unspecified atom stereocenters. The van der Waals surface area contributed by atoms with Crippen LogP contribution >= 0.6 is 12.4 Å². The molecule has 3 rings (SSSR count). The number of hydrogen-bond donors (Lipinski definition) is 1. The summed E-state index contributed by atoms with van der Waals surface area (Å²) in [5.41, 5.74) is 7.65. The molecule has 2 heterocycles. The van der Waals surface area contributed by atoms with Crippen LogP contribution in [0.2, 0.25) is 0 Å². The molecule has 1 aromatic carbocycles. The van der Waals surface area contributed by atoms with Crippen LogP contribution in [0.5, 0.6) is 0 Å². The van der Waals surface area contributed by atoms with Crippen molar-refractivity contribution in [3.8, 4) is 11.5 Å². The molecule has 0 amide bonds. The molecular formula is C16H21ClFN3O. The fourth-order valence-electron chi connectivity index (χ4n) is 2.77. The Balaban J connectivity index is 0.00000176. The summed E-state index contributed by atoms with van der Waals surface area (Å²) >= 11 is 0. The predicted octanol–water partition coefficient (Wildman–Crippen LogP) is 3.07. The van der Waals surface area contributed by atoms with E-state index in [4.69, 9.17) is 10.2 Å². The fourth-order valence-corrected chi connectivity index (χ4v) is 2.77. The molecule has 0 spiro atoms. The van der Waals surface area contributed by atoms with Gasteiger partial charge in [-0.2, -0.15) is 0 Å². The van der Waals surface area contributed by atoms with Gasteiger partial charge in [-0.15, -0.1) is 12.4 Å². The SMILES string of the molecule is CC(N)C1CCN(Cc2coc(-c3ccc(F)cc3)n2)C1.Cl. The lowest BCUT2D eigenvalue weighted by Gasteiger charge is -2.16. The van der Waals surface area contributed by atoms with Gasteiger partial charge in [0.2, 0.25) is 5.89 Å². The van der Waals surface area contributed by atoms with E-state index >= 15 is 0 Å². The normalized spacial score (nSPS) is 19.9. The molecule has 1 saturated heterocycles. The van der Waals surface area contributed by atoms with Crippen molar-refractivity contribution >= 4 is 12.4 Å². The van der Waals surface area contributed by atoms with Crippen molar-refractivity contribution in [3.05, 3.63) is 42.0 Å². The molecule has 1 aliphatic heterocycles. The van der Waals surface area contributed by atoms with Gasteiger partial charge >= 0.3 is 0 Å². The standard InChI is InChI=1S/C16H20FN3O.ClH/c1-11(18)13-6-7-20(8-13)9-15-10-21-16(19-15)12-2-4-14(17)5-3-12;/h2-5,10-11,13H,6-9,18H2,1H3;1H. The van der Waals surface area contributed by atoms with Crippen LogP contribution < -0.4 is 5.73 Å². The van der Waals surface area contributed by atoms with E-state index in [9.17, 15) is 4.39 Å². The van der Waals surface area contributed by atoms with Gasteiger partial charge in [0.15, 0.2) is 0 Å². The summed E-state index contributed by atoms with van der Waals surface area (Å²) in [6, 6.07) is 6.40. The van der Waals surface area contributed by atoms with E-state index in [-0.39, 0.29) is 24.3 Å². The van der Waals surface area contributed by atoms with Gasteiger partial charge in [0, 0.05) is 24.7 Å². The highest BCUT2D eigenvalue weighted by molar-refractivity contribution is 5.85. The van der Waals surface area contributed by atoms with Crippen molar-refractivity contribution < 1.29 is 8.81 Å². The number of halogens is 2. The number of nitrogens with zero attached hydrogens (tertiary/aromatic N) is 2. The Hall–Kier alpha value is -1.43. The van der Waals surface area contributed by atoms with Crippen LogP contribution in [0.1, 0.15) is 19.0 Å². The summed E-state index contributed by atoms with van der Waals surface area (Å²) in [6.07, 6.45) is 2.82. The summed E-state index contributed by atoms with van der Waals surface area (Å²) in [4.78, 5) is 6.83. The molecule has 1 fully saturated rings. The number of rotatable bonds is 4. The fraction of sp³-hybridized carbons (Fsp3) is 0.438. The third-order valence-corrected chi connectivity index (χ3v) is 4.08. The van der Waals surface area contributed by atoms with E-state index in [0.29, 0.717) is 11.8 Å². The predicted molar refractivity (Wildman–Crippen MR) is 86.2 cm³/mol. The smallest absolute Gasteiger partial charge is 0.226 e. The topological polar surface area (TPSA) is 55.3 Å². The molecule has 120 valence electrons. The molecule has 2 N–H and O–H groups in total. The van der Waals surface area contributed by atoms with Gasteiger partial charge in [-0.3, -0.25) is 4.90 Å². The highest BCUT2D eigenvalue weighted by Gasteiger charge is 2.25. The molecule has 0 aliphatic carbocycles. The lowest BCUT2D eigenvalue weighted by molar-refractivity contribution is 0.305. The van der Waals surface area contributed by atoms with Crippen molar-refractivity contribution in [1.29, 1.82) is 0 Å². The van der Waals surface area contributed by atoms with Gasteiger partial charge in [-0.25, -0.2) is 9.37 Å². The molecule has 0 radical (unpaired) electrons. The van der Waals surface area contributed by atoms with Crippen molar-refractivity contribution in [2.24, 2.45) is 11.7 Å². The van der Waals surface area contributed by atoms with Crippen molar-refractivity contribution in [2.45, 2.75) is 25.9 Å². The largest absolute Gasteiger partial charge is 0.444 e. The molecule has 1 aromatic heterocycles. The summed E-state index contributed by atoms with van der Waals surface area (Å²) in [6.45, 7) is 4.90. The number of likely N-dealkylation sites (tertiary alicyclic amines) is 1. The number of nitrogens with two attached hydrogens (primary N) is 1. The van der Waals surface area contributed by atoms with Crippen LogP contribution in [-0.4, -0.2) is 29.0 Å². The Morgan fingerprint density at radius 2 is 2.14 bits per heavy atom. The first-order valence-electron chi connectivity index (χ1n) is 7.30. The zero-order valence-corrected chi connectivity index (χ0v) is 13.4. The van der Waals surface area contributed by atoms with Gasteiger partial charge in [-0.05, 0) is 50.1 Å². The van der Waals surface area contributed by atoms with E-state index in [0.717, 1.165) is 37.3 Å². The number of aromatic nitrogens is 1. The van der Waals surface area contributed by atoms with Gasteiger partial charge in [0.1, 0.15) is 12.1 Å². The van der Waals surface area contributed by atoms with Crippen LogP contribution in [0.3, 0.4) is 0 Å². The third kappa shape index (κ3) is 3.85. The minimum atomic E-state index is -0.260. The highest BCUT2D eigenvalue weighted by atomic mass is 35.5. The Bertz CT molecular complexity index is 600. The van der Waals surface area contributed by atoms with Crippen LogP contribution in [0.25, 0.3) is 11.5 Å². The zero-order valence-electron chi connectivity index (χ0n) is 12.5. The summed E-state index contributed by atoms with van der Waals surface area (Å²) in [5.74, 6) is 0.839. The molecule has 0 bridgehead atoms. The maximum Gasteiger partial charge on any atom is 0.226 e. The molecule has 6 heteroatoms. The molecular weight excluding hydrogens is 305 g/mol. The summed E-state index contributed by atoms with van der Waals surface area (Å²) < 4.78 is 18.4. The van der Waals surface area contributed by atoms with Crippen molar-refractivity contribution in [2.75, 3.05) is 13.1 Å².